The third-order valence-electron chi connectivity index (χ3n) is 2.21. The van der Waals surface area contributed by atoms with Crippen LogP contribution < -0.4 is 5.73 Å². The quantitative estimate of drug-likeness (QED) is 0.649. The zero-order valence-electron chi connectivity index (χ0n) is 8.88. The van der Waals surface area contributed by atoms with E-state index in [-0.39, 0.29) is 12.2 Å². The number of nitrogens with zero attached hydrogens (tertiary/aromatic N) is 4. The molecule has 18 heavy (non-hydrogen) atoms. The SMILES string of the molecule is NCc1cn(-c2cc([N+](=O)[O-])c(F)cc2F)nn1. The summed E-state index contributed by atoms with van der Waals surface area (Å²) in [5, 5.41) is 17.7. The largest absolute Gasteiger partial charge is 0.325 e. The smallest absolute Gasteiger partial charge is 0.307 e. The van der Waals surface area contributed by atoms with Crippen LogP contribution in [0.25, 0.3) is 5.69 Å². The maximum atomic E-state index is 13.5. The van der Waals surface area contributed by atoms with E-state index in [0.717, 1.165) is 10.7 Å². The Morgan fingerprint density at radius 3 is 2.67 bits per heavy atom. The Balaban J connectivity index is 2.56. The van der Waals surface area contributed by atoms with Gasteiger partial charge in [-0.1, -0.05) is 5.21 Å². The Hall–Kier alpha value is -2.42. The lowest BCUT2D eigenvalue weighted by Gasteiger charge is -2.02. The molecule has 0 unspecified atom stereocenters. The van der Waals surface area contributed by atoms with Crippen molar-refractivity contribution in [1.29, 1.82) is 0 Å². The number of halogens is 2. The van der Waals surface area contributed by atoms with Gasteiger partial charge in [-0.3, -0.25) is 10.1 Å². The molecule has 2 aromatic rings. The first kappa shape index (κ1) is 12.0. The summed E-state index contributed by atoms with van der Waals surface area (Å²) in [4.78, 5) is 9.61. The van der Waals surface area contributed by atoms with Crippen LogP contribution in [-0.2, 0) is 6.54 Å². The highest BCUT2D eigenvalue weighted by Gasteiger charge is 2.20. The molecule has 0 saturated heterocycles. The van der Waals surface area contributed by atoms with Gasteiger partial charge in [0.1, 0.15) is 5.69 Å². The van der Waals surface area contributed by atoms with E-state index >= 15 is 0 Å². The zero-order valence-corrected chi connectivity index (χ0v) is 8.88. The Morgan fingerprint density at radius 2 is 2.11 bits per heavy atom. The van der Waals surface area contributed by atoms with Gasteiger partial charge in [0.25, 0.3) is 0 Å². The molecule has 0 aliphatic rings. The molecule has 0 fully saturated rings. The number of rotatable bonds is 3. The average Bonchev–Trinajstić information content (AvgIpc) is 2.77. The first-order chi connectivity index (χ1) is 8.52. The summed E-state index contributed by atoms with van der Waals surface area (Å²) in [5.74, 6) is -2.23. The van der Waals surface area contributed by atoms with Crippen LogP contribution in [0, 0.1) is 21.7 Å². The van der Waals surface area contributed by atoms with E-state index in [0.29, 0.717) is 11.8 Å². The predicted molar refractivity (Wildman–Crippen MR) is 55.8 cm³/mol. The molecule has 0 amide bonds. The lowest BCUT2D eigenvalue weighted by molar-refractivity contribution is -0.387. The molecule has 2 N–H and O–H groups in total. The molecule has 0 bridgehead atoms. The van der Waals surface area contributed by atoms with Crippen molar-refractivity contribution in [3.8, 4) is 5.69 Å². The molecule has 1 aromatic heterocycles. The van der Waals surface area contributed by atoms with Crippen molar-refractivity contribution < 1.29 is 13.7 Å². The molecule has 1 heterocycles. The van der Waals surface area contributed by atoms with Gasteiger partial charge in [-0.05, 0) is 0 Å². The third kappa shape index (κ3) is 2.02. The number of aromatic nitrogens is 3. The van der Waals surface area contributed by atoms with E-state index in [2.05, 4.69) is 10.3 Å². The third-order valence-corrected chi connectivity index (χ3v) is 2.21. The molecular formula is C9H7F2N5O2. The number of benzene rings is 1. The molecular weight excluding hydrogens is 248 g/mol. The highest BCUT2D eigenvalue weighted by molar-refractivity contribution is 5.45. The lowest BCUT2D eigenvalue weighted by Crippen LogP contribution is -2.02. The maximum Gasteiger partial charge on any atom is 0.307 e. The van der Waals surface area contributed by atoms with Crippen molar-refractivity contribution in [2.45, 2.75) is 6.54 Å². The lowest BCUT2D eigenvalue weighted by atomic mass is 10.2. The van der Waals surface area contributed by atoms with Gasteiger partial charge in [0.05, 0.1) is 16.8 Å². The molecule has 0 spiro atoms. The van der Waals surface area contributed by atoms with E-state index < -0.39 is 22.2 Å². The molecule has 0 radical (unpaired) electrons. The van der Waals surface area contributed by atoms with Gasteiger partial charge in [0, 0.05) is 18.7 Å². The summed E-state index contributed by atoms with van der Waals surface area (Å²) in [6.07, 6.45) is 1.31. The molecule has 7 nitrogen and oxygen atoms in total. The molecule has 0 aliphatic heterocycles. The van der Waals surface area contributed by atoms with E-state index in [1.807, 2.05) is 0 Å². The van der Waals surface area contributed by atoms with Gasteiger partial charge in [0.2, 0.25) is 5.82 Å². The Bertz CT molecular complexity index is 613. The number of hydrogen-bond donors (Lipinski definition) is 1. The summed E-state index contributed by atoms with van der Waals surface area (Å²) in [7, 11) is 0. The highest BCUT2D eigenvalue weighted by Crippen LogP contribution is 2.23. The Kier molecular flexibility index (Phi) is 2.98. The second-order valence-electron chi connectivity index (χ2n) is 3.37. The normalized spacial score (nSPS) is 10.6. The average molecular weight is 255 g/mol. The number of nitro benzene ring substituents is 1. The minimum absolute atomic E-state index is 0.0882. The second kappa shape index (κ2) is 4.45. The van der Waals surface area contributed by atoms with Crippen molar-refractivity contribution in [2.24, 2.45) is 5.73 Å². The second-order valence-corrected chi connectivity index (χ2v) is 3.37. The van der Waals surface area contributed by atoms with Crippen molar-refractivity contribution in [2.75, 3.05) is 0 Å². The van der Waals surface area contributed by atoms with Gasteiger partial charge in [-0.25, -0.2) is 9.07 Å². The van der Waals surface area contributed by atoms with Crippen LogP contribution in [0.1, 0.15) is 5.69 Å². The van der Waals surface area contributed by atoms with E-state index in [1.54, 1.807) is 0 Å². The molecule has 94 valence electrons. The summed E-state index contributed by atoms with van der Waals surface area (Å²) in [6, 6.07) is 1.18. The number of hydrogen-bond acceptors (Lipinski definition) is 5. The molecule has 9 heteroatoms. The molecule has 0 aliphatic carbocycles. The minimum Gasteiger partial charge on any atom is -0.325 e. The van der Waals surface area contributed by atoms with Gasteiger partial charge in [0.15, 0.2) is 5.82 Å². The zero-order chi connectivity index (χ0) is 13.3. The van der Waals surface area contributed by atoms with E-state index in [1.165, 1.54) is 6.20 Å². The van der Waals surface area contributed by atoms with Gasteiger partial charge < -0.3 is 5.73 Å². The Morgan fingerprint density at radius 1 is 1.39 bits per heavy atom. The van der Waals surface area contributed by atoms with Gasteiger partial charge >= 0.3 is 5.69 Å². The van der Waals surface area contributed by atoms with Crippen molar-refractivity contribution in [3.63, 3.8) is 0 Å². The van der Waals surface area contributed by atoms with Crippen LogP contribution in [-0.4, -0.2) is 19.9 Å². The molecule has 1 aromatic carbocycles. The van der Waals surface area contributed by atoms with Crippen LogP contribution in [0.15, 0.2) is 18.3 Å². The standard InChI is InChI=1S/C9H7F2N5O2/c10-6-1-7(11)9(16(17)18)2-8(6)15-4-5(3-12)13-14-15/h1-2,4H,3,12H2. The van der Waals surface area contributed by atoms with Crippen LogP contribution in [0.4, 0.5) is 14.5 Å². The first-order valence-electron chi connectivity index (χ1n) is 4.78. The fourth-order valence-corrected chi connectivity index (χ4v) is 1.35. The topological polar surface area (TPSA) is 99.9 Å². The summed E-state index contributed by atoms with van der Waals surface area (Å²) >= 11 is 0. The van der Waals surface area contributed by atoms with Crippen LogP contribution >= 0.6 is 0 Å². The van der Waals surface area contributed by atoms with Crippen LogP contribution in [0.2, 0.25) is 0 Å². The maximum absolute atomic E-state index is 13.5. The van der Waals surface area contributed by atoms with Gasteiger partial charge in [-0.2, -0.15) is 4.39 Å². The Labute approximate surface area is 99.0 Å². The predicted octanol–water partition coefficient (Wildman–Crippen LogP) is 0.912. The minimum atomic E-state index is -1.25. The summed E-state index contributed by atoms with van der Waals surface area (Å²) in [6.45, 7) is 0.0882. The number of nitro groups is 1. The van der Waals surface area contributed by atoms with Crippen LogP contribution in [0.3, 0.4) is 0 Å². The molecule has 0 saturated carbocycles. The molecule has 2 rings (SSSR count). The summed E-state index contributed by atoms with van der Waals surface area (Å²) in [5.41, 5.74) is 4.57. The fourth-order valence-electron chi connectivity index (χ4n) is 1.35. The number of nitrogens with two attached hydrogens (primary N) is 1. The highest BCUT2D eigenvalue weighted by atomic mass is 19.1. The van der Waals surface area contributed by atoms with E-state index in [4.69, 9.17) is 5.73 Å². The van der Waals surface area contributed by atoms with E-state index in [9.17, 15) is 18.9 Å². The van der Waals surface area contributed by atoms with Crippen molar-refractivity contribution in [3.05, 3.63) is 45.8 Å². The van der Waals surface area contributed by atoms with Gasteiger partial charge in [-0.15, -0.1) is 5.10 Å². The first-order valence-corrected chi connectivity index (χ1v) is 4.78. The van der Waals surface area contributed by atoms with Crippen LogP contribution in [0.5, 0.6) is 0 Å². The van der Waals surface area contributed by atoms with Crippen molar-refractivity contribution in [1.82, 2.24) is 15.0 Å². The van der Waals surface area contributed by atoms with Crippen molar-refractivity contribution >= 4 is 5.69 Å². The monoisotopic (exact) mass is 255 g/mol. The summed E-state index contributed by atoms with van der Waals surface area (Å²) < 4.78 is 27.6. The molecule has 0 atom stereocenters. The fraction of sp³-hybridized carbons (Fsp3) is 0.111.